The second kappa shape index (κ2) is 8.10. The van der Waals surface area contributed by atoms with Crippen LogP contribution in [0, 0.1) is 10.1 Å². The first kappa shape index (κ1) is 22.8. The van der Waals surface area contributed by atoms with Gasteiger partial charge in [-0.05, 0) is 36.1 Å². The molecule has 0 spiro atoms. The van der Waals surface area contributed by atoms with Gasteiger partial charge in [0.2, 0.25) is 6.10 Å². The summed E-state index contributed by atoms with van der Waals surface area (Å²) in [6.45, 7) is 6.16. The minimum atomic E-state index is -4.90. The molecule has 2 unspecified atom stereocenters. The number of hydrogen-bond acceptors (Lipinski definition) is 6. The Balaban J connectivity index is 2.40. The van der Waals surface area contributed by atoms with Crippen LogP contribution in [0.1, 0.15) is 38.8 Å². The second-order valence-corrected chi connectivity index (χ2v) is 7.90. The number of carbonyl (C=O) groups excluding carboxylic acids is 1. The summed E-state index contributed by atoms with van der Waals surface area (Å²) in [6, 6.07) is 2.83. The summed E-state index contributed by atoms with van der Waals surface area (Å²) in [5.41, 5.74) is -0.468. The van der Waals surface area contributed by atoms with E-state index in [1.165, 1.54) is 19.1 Å². The van der Waals surface area contributed by atoms with Crippen LogP contribution in [-0.2, 0) is 19.8 Å². The maximum Gasteiger partial charge on any atom is 0.430 e. The molecule has 1 aliphatic rings. The van der Waals surface area contributed by atoms with E-state index in [0.29, 0.717) is 10.6 Å². The Hall–Kier alpha value is -2.49. The van der Waals surface area contributed by atoms with Gasteiger partial charge in [0.1, 0.15) is 18.5 Å². The third kappa shape index (κ3) is 5.53. The molecule has 0 amide bonds. The molecule has 160 valence electrons. The maximum atomic E-state index is 13.5. The van der Waals surface area contributed by atoms with Crippen molar-refractivity contribution in [2.24, 2.45) is 0 Å². The fourth-order valence-corrected chi connectivity index (χ4v) is 3.11. The van der Waals surface area contributed by atoms with E-state index < -0.39 is 47.0 Å². The summed E-state index contributed by atoms with van der Waals surface area (Å²) < 4.78 is 50.6. The first-order valence-corrected chi connectivity index (χ1v) is 8.85. The SMILES string of the molecule is CC(CO[N+](=O)[O-])OC(=O)C1=Cc2cc(Cl)c(C(C)(C)C)cc2OC1C(F)(F)F. The Bertz CT molecular complexity index is 847. The van der Waals surface area contributed by atoms with Gasteiger partial charge in [0.15, 0.2) is 0 Å². The van der Waals surface area contributed by atoms with Crippen LogP contribution in [0.15, 0.2) is 17.7 Å². The zero-order valence-corrected chi connectivity index (χ0v) is 16.8. The normalized spacial score (nSPS) is 17.5. The van der Waals surface area contributed by atoms with Crippen molar-refractivity contribution in [2.45, 2.75) is 51.5 Å². The van der Waals surface area contributed by atoms with Crippen LogP contribution >= 0.6 is 11.6 Å². The van der Waals surface area contributed by atoms with Crippen LogP contribution in [0.3, 0.4) is 0 Å². The molecule has 1 aromatic carbocycles. The highest BCUT2D eigenvalue weighted by Crippen LogP contribution is 2.42. The van der Waals surface area contributed by atoms with Crippen LogP contribution in [0.2, 0.25) is 5.02 Å². The van der Waals surface area contributed by atoms with Crippen molar-refractivity contribution >= 4 is 23.6 Å². The van der Waals surface area contributed by atoms with E-state index >= 15 is 0 Å². The summed E-state index contributed by atoms with van der Waals surface area (Å²) in [6.07, 6.45) is -7.61. The number of hydrogen-bond donors (Lipinski definition) is 0. The molecule has 1 aliphatic heterocycles. The zero-order valence-electron chi connectivity index (χ0n) is 16.0. The standard InChI is InChI=1S/C18H19ClF3NO6/c1-9(8-27-23(25)26)28-16(24)11-5-10-6-13(19)12(17(2,3)4)7-14(10)29-15(11)18(20,21)22/h5-7,9,15H,8H2,1-4H3. The van der Waals surface area contributed by atoms with Crippen LogP contribution < -0.4 is 4.74 Å². The number of rotatable bonds is 5. The van der Waals surface area contributed by atoms with Crippen molar-refractivity contribution in [3.63, 3.8) is 0 Å². The number of nitrogens with zero attached hydrogens (tertiary/aromatic N) is 1. The molecule has 1 aromatic rings. The summed E-state index contributed by atoms with van der Waals surface area (Å²) in [7, 11) is 0. The predicted molar refractivity (Wildman–Crippen MR) is 97.1 cm³/mol. The molecule has 0 bridgehead atoms. The van der Waals surface area contributed by atoms with Gasteiger partial charge >= 0.3 is 12.1 Å². The molecule has 0 saturated heterocycles. The lowest BCUT2D eigenvalue weighted by molar-refractivity contribution is -0.759. The van der Waals surface area contributed by atoms with Gasteiger partial charge < -0.3 is 14.3 Å². The minimum absolute atomic E-state index is 0.0667. The van der Waals surface area contributed by atoms with E-state index in [9.17, 15) is 28.1 Å². The van der Waals surface area contributed by atoms with Crippen LogP contribution in [0.25, 0.3) is 6.08 Å². The summed E-state index contributed by atoms with van der Waals surface area (Å²) in [5.74, 6) is -1.39. The summed E-state index contributed by atoms with van der Waals surface area (Å²) in [5, 5.41) is 9.40. The van der Waals surface area contributed by atoms with Crippen LogP contribution in [0.4, 0.5) is 13.2 Å². The fraction of sp³-hybridized carbons (Fsp3) is 0.500. The van der Waals surface area contributed by atoms with Crippen molar-refractivity contribution in [1.82, 2.24) is 0 Å². The van der Waals surface area contributed by atoms with Crippen molar-refractivity contribution < 1.29 is 37.4 Å². The topological polar surface area (TPSA) is 87.9 Å². The first-order valence-electron chi connectivity index (χ1n) is 8.47. The molecule has 0 saturated carbocycles. The minimum Gasteiger partial charge on any atom is -0.475 e. The van der Waals surface area contributed by atoms with E-state index in [2.05, 4.69) is 4.84 Å². The van der Waals surface area contributed by atoms with Gasteiger partial charge in [-0.3, -0.25) is 0 Å². The highest BCUT2D eigenvalue weighted by atomic mass is 35.5. The molecule has 2 rings (SSSR count). The van der Waals surface area contributed by atoms with Crippen molar-refractivity contribution in [1.29, 1.82) is 0 Å². The third-order valence-corrected chi connectivity index (χ3v) is 4.31. The van der Waals surface area contributed by atoms with E-state index in [1.807, 2.05) is 20.8 Å². The molecule has 0 aliphatic carbocycles. The van der Waals surface area contributed by atoms with Gasteiger partial charge in [0.05, 0.1) is 5.57 Å². The van der Waals surface area contributed by atoms with Crippen LogP contribution in [-0.4, -0.2) is 36.0 Å². The Morgan fingerprint density at radius 3 is 2.48 bits per heavy atom. The Kier molecular flexibility index (Phi) is 6.36. The van der Waals surface area contributed by atoms with E-state index in [4.69, 9.17) is 21.1 Å². The highest BCUT2D eigenvalue weighted by Gasteiger charge is 2.49. The third-order valence-electron chi connectivity index (χ3n) is 4.00. The van der Waals surface area contributed by atoms with Gasteiger partial charge in [0.25, 0.3) is 5.09 Å². The Morgan fingerprint density at radius 1 is 1.34 bits per heavy atom. The maximum absolute atomic E-state index is 13.5. The molecule has 0 radical (unpaired) electrons. The average Bonchev–Trinajstić information content (AvgIpc) is 2.56. The molecular formula is C18H19ClF3NO6. The fourth-order valence-electron chi connectivity index (χ4n) is 2.65. The van der Waals surface area contributed by atoms with E-state index in [0.717, 1.165) is 6.08 Å². The number of fused-ring (bicyclic) bond motifs is 1. The van der Waals surface area contributed by atoms with Gasteiger partial charge in [-0.1, -0.05) is 32.4 Å². The molecular weight excluding hydrogens is 419 g/mol. The van der Waals surface area contributed by atoms with Gasteiger partial charge in [-0.2, -0.15) is 13.2 Å². The molecule has 0 aromatic heterocycles. The number of alkyl halides is 3. The van der Waals surface area contributed by atoms with Gasteiger partial charge in [-0.15, -0.1) is 10.1 Å². The molecule has 7 nitrogen and oxygen atoms in total. The average molecular weight is 438 g/mol. The Morgan fingerprint density at radius 2 is 1.97 bits per heavy atom. The smallest absolute Gasteiger partial charge is 0.430 e. The molecule has 29 heavy (non-hydrogen) atoms. The molecule has 0 fully saturated rings. The van der Waals surface area contributed by atoms with Gasteiger partial charge in [-0.25, -0.2) is 4.79 Å². The van der Waals surface area contributed by atoms with Gasteiger partial charge in [0, 0.05) is 10.6 Å². The zero-order chi connectivity index (χ0) is 22.1. The van der Waals surface area contributed by atoms with Crippen LogP contribution in [0.5, 0.6) is 5.75 Å². The molecule has 1 heterocycles. The number of esters is 1. The van der Waals surface area contributed by atoms with E-state index in [-0.39, 0.29) is 11.3 Å². The lowest BCUT2D eigenvalue weighted by Crippen LogP contribution is -2.41. The molecule has 2 atom stereocenters. The van der Waals surface area contributed by atoms with Crippen molar-refractivity contribution in [3.05, 3.63) is 44.0 Å². The monoisotopic (exact) mass is 437 g/mol. The number of carbonyl (C=O) groups is 1. The van der Waals surface area contributed by atoms with E-state index in [1.54, 1.807) is 0 Å². The lowest BCUT2D eigenvalue weighted by Gasteiger charge is -2.30. The first-order chi connectivity index (χ1) is 13.2. The molecule has 0 N–H and O–H groups in total. The largest absolute Gasteiger partial charge is 0.475 e. The number of benzene rings is 1. The number of halogens is 4. The number of ether oxygens (including phenoxy) is 2. The predicted octanol–water partition coefficient (Wildman–Crippen LogP) is 4.48. The quantitative estimate of drug-likeness (QED) is 0.383. The summed E-state index contributed by atoms with van der Waals surface area (Å²) >= 11 is 6.25. The second-order valence-electron chi connectivity index (χ2n) is 7.49. The lowest BCUT2D eigenvalue weighted by atomic mass is 9.85. The highest BCUT2D eigenvalue weighted by molar-refractivity contribution is 6.31. The molecule has 11 heteroatoms. The van der Waals surface area contributed by atoms with Crippen molar-refractivity contribution in [3.8, 4) is 5.75 Å². The van der Waals surface area contributed by atoms with Crippen molar-refractivity contribution in [2.75, 3.05) is 6.61 Å². The Labute approximate surface area is 169 Å². The summed E-state index contributed by atoms with van der Waals surface area (Å²) in [4.78, 5) is 26.6.